The minimum Gasteiger partial charge on any atom is -0.200 e. The van der Waals surface area contributed by atoms with Crippen LogP contribution in [0, 0.1) is 17.8 Å². The van der Waals surface area contributed by atoms with E-state index in [1.54, 1.807) is 0 Å². The molecule has 0 spiro atoms. The second kappa shape index (κ2) is 2.86. The number of nitrogens with zero attached hydrogens (tertiary/aromatic N) is 2. The first-order chi connectivity index (χ1) is 5.82. The molecule has 1 rings (SSSR count). The van der Waals surface area contributed by atoms with E-state index < -0.39 is 29.7 Å². The van der Waals surface area contributed by atoms with Crippen LogP contribution in [-0.4, -0.2) is 9.97 Å². The zero-order valence-electron chi connectivity index (χ0n) is 5.66. The monoisotopic (exact) mass is 202 g/mol. The molecule has 0 unspecified atom stereocenters. The second-order valence-corrected chi connectivity index (χ2v) is 1.94. The molecule has 0 fully saturated rings. The molecule has 0 aromatic carbocycles. The number of hydrogen-bond donors (Lipinski definition) is 0. The van der Waals surface area contributed by atoms with E-state index in [9.17, 15) is 26.3 Å². The number of hydrogen-bond acceptors (Lipinski definition) is 2. The van der Waals surface area contributed by atoms with Gasteiger partial charge in [-0.3, -0.25) is 0 Å². The van der Waals surface area contributed by atoms with Crippen molar-refractivity contribution in [2.75, 3.05) is 0 Å². The van der Waals surface area contributed by atoms with Gasteiger partial charge in [-0.05, 0) is 0 Å². The molecule has 13 heavy (non-hydrogen) atoms. The van der Waals surface area contributed by atoms with E-state index in [0.717, 1.165) is 0 Å². The van der Waals surface area contributed by atoms with Crippen LogP contribution >= 0.6 is 0 Å². The molecule has 0 atom stereocenters. The molecule has 1 aromatic heterocycles. The summed E-state index contributed by atoms with van der Waals surface area (Å²) in [6, 6.07) is 0. The third-order valence-corrected chi connectivity index (χ3v) is 1.05. The summed E-state index contributed by atoms with van der Waals surface area (Å²) in [5.41, 5.74) is -2.25. The highest BCUT2D eigenvalue weighted by molar-refractivity contribution is 5.07. The van der Waals surface area contributed by atoms with Gasteiger partial charge in [0, 0.05) is 0 Å². The highest BCUT2D eigenvalue weighted by atomic mass is 19.4. The van der Waals surface area contributed by atoms with Gasteiger partial charge in [0.2, 0.25) is 5.82 Å². The van der Waals surface area contributed by atoms with E-state index >= 15 is 0 Å². The smallest absolute Gasteiger partial charge is 0.200 e. The minimum absolute atomic E-state index is 1.97. The van der Waals surface area contributed by atoms with Crippen molar-refractivity contribution in [1.82, 2.24) is 9.97 Å². The van der Waals surface area contributed by atoms with Gasteiger partial charge in [0.25, 0.3) is 5.95 Å². The summed E-state index contributed by atoms with van der Waals surface area (Å²) >= 11 is 0. The van der Waals surface area contributed by atoms with Crippen LogP contribution in [0.25, 0.3) is 0 Å². The molecular weight excluding hydrogens is 202 g/mol. The van der Waals surface area contributed by atoms with Gasteiger partial charge in [0.1, 0.15) is 0 Å². The molecule has 0 saturated carbocycles. The van der Waals surface area contributed by atoms with E-state index in [0.29, 0.717) is 0 Å². The summed E-state index contributed by atoms with van der Waals surface area (Å²) in [5, 5.41) is 0. The van der Waals surface area contributed by atoms with Crippen LogP contribution in [-0.2, 0) is 6.18 Å². The van der Waals surface area contributed by atoms with Crippen LogP contribution in [0.15, 0.2) is 0 Å². The fourth-order valence-electron chi connectivity index (χ4n) is 0.582. The first-order valence-corrected chi connectivity index (χ1v) is 2.78. The van der Waals surface area contributed by atoms with Crippen molar-refractivity contribution in [3.05, 3.63) is 23.5 Å². The summed E-state index contributed by atoms with van der Waals surface area (Å²) in [6.45, 7) is 0. The van der Waals surface area contributed by atoms with Crippen LogP contribution in [0.3, 0.4) is 0 Å². The van der Waals surface area contributed by atoms with Crippen LogP contribution in [0.1, 0.15) is 5.69 Å². The summed E-state index contributed by atoms with van der Waals surface area (Å²) in [5.74, 6) is -4.48. The Labute approximate surface area is 67.2 Å². The van der Waals surface area contributed by atoms with Crippen LogP contribution in [0.5, 0.6) is 0 Å². The Bertz CT molecular complexity index is 333. The first kappa shape index (κ1) is 9.75. The molecule has 0 amide bonds. The number of rotatable bonds is 0. The van der Waals surface area contributed by atoms with Crippen LogP contribution < -0.4 is 0 Å². The lowest BCUT2D eigenvalue weighted by Crippen LogP contribution is -2.15. The lowest BCUT2D eigenvalue weighted by molar-refractivity contribution is -0.144. The summed E-state index contributed by atoms with van der Waals surface area (Å²) in [4.78, 5) is 4.21. The Morgan fingerprint density at radius 2 is 1.46 bits per heavy atom. The predicted molar refractivity (Wildman–Crippen MR) is 26.9 cm³/mol. The van der Waals surface area contributed by atoms with Crippen LogP contribution in [0.2, 0.25) is 0 Å². The first-order valence-electron chi connectivity index (χ1n) is 2.78. The fourth-order valence-corrected chi connectivity index (χ4v) is 0.582. The molecule has 8 heteroatoms. The lowest BCUT2D eigenvalue weighted by atomic mass is 10.4. The van der Waals surface area contributed by atoms with Gasteiger partial charge in [-0.25, -0.2) is 0 Å². The Morgan fingerprint density at radius 1 is 0.923 bits per heavy atom. The molecule has 1 heterocycles. The van der Waals surface area contributed by atoms with E-state index in [2.05, 4.69) is 9.97 Å². The van der Waals surface area contributed by atoms with E-state index in [4.69, 9.17) is 0 Å². The van der Waals surface area contributed by atoms with Gasteiger partial charge < -0.3 is 0 Å². The maximum Gasteiger partial charge on any atom is 0.436 e. The van der Waals surface area contributed by atoms with Crippen molar-refractivity contribution in [2.24, 2.45) is 0 Å². The Kier molecular flexibility index (Phi) is 2.14. The fraction of sp³-hybridized carbons (Fsp3) is 0.200. The molecule has 1 aromatic rings. The second-order valence-electron chi connectivity index (χ2n) is 1.94. The Balaban J connectivity index is 3.37. The highest BCUT2D eigenvalue weighted by Crippen LogP contribution is 2.29. The van der Waals surface area contributed by atoms with Gasteiger partial charge in [-0.2, -0.15) is 36.3 Å². The van der Waals surface area contributed by atoms with Gasteiger partial charge in [-0.1, -0.05) is 0 Å². The third-order valence-electron chi connectivity index (χ3n) is 1.05. The highest BCUT2D eigenvalue weighted by Gasteiger charge is 2.38. The predicted octanol–water partition coefficient (Wildman–Crippen LogP) is 1.91. The maximum absolute atomic E-state index is 12.3. The average molecular weight is 202 g/mol. The lowest BCUT2D eigenvalue weighted by Gasteiger charge is -2.05. The van der Waals surface area contributed by atoms with E-state index in [-0.39, 0.29) is 0 Å². The minimum atomic E-state index is -5.24. The average Bonchev–Trinajstić information content (AvgIpc) is 1.94. The van der Waals surface area contributed by atoms with E-state index in [1.165, 1.54) is 0 Å². The van der Waals surface area contributed by atoms with Crippen molar-refractivity contribution in [3.8, 4) is 0 Å². The van der Waals surface area contributed by atoms with Crippen molar-refractivity contribution in [3.63, 3.8) is 0 Å². The van der Waals surface area contributed by atoms with E-state index in [1.807, 2.05) is 0 Å². The molecule has 0 N–H and O–H groups in total. The standard InChI is InChI=1S/C5F6N2/c6-1-2(5(9,10)11)12-4(8)13-3(1)7. The normalized spacial score (nSPS) is 11.8. The van der Waals surface area contributed by atoms with Gasteiger partial charge in [0.15, 0.2) is 5.69 Å². The molecule has 0 aliphatic carbocycles. The maximum atomic E-state index is 12.3. The SMILES string of the molecule is Fc1nc(F)c(F)c(C(F)(F)F)n1. The quantitative estimate of drug-likeness (QED) is 0.365. The topological polar surface area (TPSA) is 25.8 Å². The Hall–Kier alpha value is -1.34. The summed E-state index contributed by atoms with van der Waals surface area (Å²) < 4.78 is 71.6. The number of alkyl halides is 3. The number of aromatic nitrogens is 2. The molecular formula is C5F6N2. The number of halogens is 6. The van der Waals surface area contributed by atoms with Gasteiger partial charge in [-0.15, -0.1) is 0 Å². The molecule has 0 radical (unpaired) electrons. The van der Waals surface area contributed by atoms with Crippen molar-refractivity contribution in [1.29, 1.82) is 0 Å². The largest absolute Gasteiger partial charge is 0.436 e. The van der Waals surface area contributed by atoms with Crippen LogP contribution in [0.4, 0.5) is 26.3 Å². The zero-order chi connectivity index (χ0) is 10.2. The molecule has 0 aliphatic heterocycles. The van der Waals surface area contributed by atoms with Gasteiger partial charge in [0.05, 0.1) is 0 Å². The van der Waals surface area contributed by atoms with Gasteiger partial charge >= 0.3 is 12.3 Å². The zero-order valence-corrected chi connectivity index (χ0v) is 5.66. The molecule has 72 valence electrons. The van der Waals surface area contributed by atoms with Crippen molar-refractivity contribution >= 4 is 0 Å². The third kappa shape index (κ3) is 1.87. The summed E-state index contributed by atoms with van der Waals surface area (Å²) in [7, 11) is 0. The molecule has 0 bridgehead atoms. The molecule has 2 nitrogen and oxygen atoms in total. The summed E-state index contributed by atoms with van der Waals surface area (Å²) in [6.07, 6.45) is -7.21. The Morgan fingerprint density at radius 3 is 1.92 bits per heavy atom. The van der Waals surface area contributed by atoms with Crippen molar-refractivity contribution in [2.45, 2.75) is 6.18 Å². The van der Waals surface area contributed by atoms with Crippen molar-refractivity contribution < 1.29 is 26.3 Å². The molecule has 0 aliphatic rings. The molecule has 0 saturated heterocycles.